The lowest BCUT2D eigenvalue weighted by Crippen LogP contribution is -2.52. The first kappa shape index (κ1) is 14.7. The third kappa shape index (κ3) is 4.91. The predicted molar refractivity (Wildman–Crippen MR) is 65.1 cm³/mol. The highest BCUT2D eigenvalue weighted by atomic mass is 32.2. The first-order valence-electron chi connectivity index (χ1n) is 5.60. The zero-order valence-corrected chi connectivity index (χ0v) is 11.2. The third-order valence-corrected chi connectivity index (χ3v) is 4.38. The Morgan fingerprint density at radius 3 is 2.44 bits per heavy atom. The molecular weight excluding hydrogens is 260 g/mol. The SMILES string of the molecule is CC(C)(CC(=O)O)NC(=O)NC1CCS(=O)(=O)C1. The van der Waals surface area contributed by atoms with Crippen LogP contribution in [0.15, 0.2) is 0 Å². The van der Waals surface area contributed by atoms with Gasteiger partial charge in [0.1, 0.15) is 0 Å². The highest BCUT2D eigenvalue weighted by molar-refractivity contribution is 7.91. The van der Waals surface area contributed by atoms with Gasteiger partial charge >= 0.3 is 12.0 Å². The molecular formula is C10H18N2O5S. The maximum absolute atomic E-state index is 11.6. The molecule has 0 aliphatic carbocycles. The normalized spacial score (nSPS) is 22.4. The molecule has 1 aliphatic heterocycles. The molecule has 0 radical (unpaired) electrons. The molecule has 1 rings (SSSR count). The van der Waals surface area contributed by atoms with E-state index in [1.807, 2.05) is 0 Å². The van der Waals surface area contributed by atoms with E-state index < -0.39 is 33.4 Å². The van der Waals surface area contributed by atoms with Gasteiger partial charge in [-0.2, -0.15) is 0 Å². The van der Waals surface area contributed by atoms with Gasteiger partial charge in [-0.15, -0.1) is 0 Å². The summed E-state index contributed by atoms with van der Waals surface area (Å²) < 4.78 is 22.4. The summed E-state index contributed by atoms with van der Waals surface area (Å²) in [4.78, 5) is 22.2. The number of carboxylic acids is 1. The molecule has 0 aromatic rings. The summed E-state index contributed by atoms with van der Waals surface area (Å²) in [6, 6.07) is -0.932. The number of nitrogens with one attached hydrogen (secondary N) is 2. The largest absolute Gasteiger partial charge is 0.481 e. The van der Waals surface area contributed by atoms with E-state index >= 15 is 0 Å². The monoisotopic (exact) mass is 278 g/mol. The number of hydrogen-bond donors (Lipinski definition) is 3. The molecule has 1 atom stereocenters. The molecule has 104 valence electrons. The molecule has 0 saturated carbocycles. The van der Waals surface area contributed by atoms with Crippen LogP contribution in [-0.2, 0) is 14.6 Å². The number of hydrogen-bond acceptors (Lipinski definition) is 4. The minimum atomic E-state index is -3.04. The van der Waals surface area contributed by atoms with Crippen molar-refractivity contribution in [3.63, 3.8) is 0 Å². The van der Waals surface area contributed by atoms with E-state index in [-0.39, 0.29) is 17.9 Å². The Morgan fingerprint density at radius 1 is 1.39 bits per heavy atom. The summed E-state index contributed by atoms with van der Waals surface area (Å²) >= 11 is 0. The zero-order chi connectivity index (χ0) is 14.0. The highest BCUT2D eigenvalue weighted by Crippen LogP contribution is 2.12. The number of aliphatic carboxylic acids is 1. The summed E-state index contributed by atoms with van der Waals surface area (Å²) in [7, 11) is -3.04. The van der Waals surface area contributed by atoms with E-state index in [1.165, 1.54) is 0 Å². The summed E-state index contributed by atoms with van der Waals surface area (Å²) in [6.07, 6.45) is 0.193. The van der Waals surface area contributed by atoms with Gasteiger partial charge in [-0.1, -0.05) is 0 Å². The lowest BCUT2D eigenvalue weighted by atomic mass is 10.0. The second-order valence-corrected chi connectivity index (χ2v) is 7.38. The van der Waals surface area contributed by atoms with Gasteiger partial charge < -0.3 is 15.7 Å². The number of amides is 2. The standard InChI is InChI=1S/C10H18N2O5S/c1-10(2,5-8(13)14)12-9(15)11-7-3-4-18(16,17)6-7/h7H,3-6H2,1-2H3,(H,13,14)(H2,11,12,15). The fourth-order valence-electron chi connectivity index (χ4n) is 1.86. The van der Waals surface area contributed by atoms with Crippen LogP contribution in [0.2, 0.25) is 0 Å². The van der Waals surface area contributed by atoms with E-state index in [0.29, 0.717) is 6.42 Å². The maximum atomic E-state index is 11.6. The van der Waals surface area contributed by atoms with E-state index in [1.54, 1.807) is 13.8 Å². The minimum absolute atomic E-state index is 0.0558. The van der Waals surface area contributed by atoms with Crippen molar-refractivity contribution in [2.24, 2.45) is 0 Å². The number of urea groups is 1. The third-order valence-electron chi connectivity index (χ3n) is 2.61. The Balaban J connectivity index is 2.45. The lowest BCUT2D eigenvalue weighted by Gasteiger charge is -2.25. The molecule has 2 amide bonds. The van der Waals surface area contributed by atoms with E-state index in [9.17, 15) is 18.0 Å². The van der Waals surface area contributed by atoms with Gasteiger partial charge in [-0.25, -0.2) is 13.2 Å². The second-order valence-electron chi connectivity index (χ2n) is 5.15. The number of sulfone groups is 1. The van der Waals surface area contributed by atoms with Crippen LogP contribution in [0.4, 0.5) is 4.79 Å². The van der Waals surface area contributed by atoms with Gasteiger partial charge in [0.25, 0.3) is 0 Å². The molecule has 0 aromatic carbocycles. The molecule has 1 heterocycles. The smallest absolute Gasteiger partial charge is 0.315 e. The van der Waals surface area contributed by atoms with Crippen molar-refractivity contribution in [2.45, 2.75) is 38.3 Å². The Bertz CT molecular complexity index is 443. The topological polar surface area (TPSA) is 113 Å². The van der Waals surface area contributed by atoms with Gasteiger partial charge in [0.05, 0.1) is 17.9 Å². The Hall–Kier alpha value is -1.31. The summed E-state index contributed by atoms with van der Waals surface area (Å²) in [5, 5.41) is 13.7. The van der Waals surface area contributed by atoms with Crippen molar-refractivity contribution in [2.75, 3.05) is 11.5 Å². The Kier molecular flexibility index (Phi) is 4.20. The Labute approximate surface area is 106 Å². The van der Waals surface area contributed by atoms with Crippen molar-refractivity contribution < 1.29 is 23.1 Å². The molecule has 1 fully saturated rings. The Morgan fingerprint density at radius 2 is 2.00 bits per heavy atom. The minimum Gasteiger partial charge on any atom is -0.481 e. The highest BCUT2D eigenvalue weighted by Gasteiger charge is 2.30. The van der Waals surface area contributed by atoms with Crippen LogP contribution in [0.1, 0.15) is 26.7 Å². The van der Waals surface area contributed by atoms with Gasteiger partial charge in [-0.3, -0.25) is 4.79 Å². The number of rotatable bonds is 4. The summed E-state index contributed by atoms with van der Waals surface area (Å²) in [6.45, 7) is 3.18. The molecule has 7 nitrogen and oxygen atoms in total. The fraction of sp³-hybridized carbons (Fsp3) is 0.800. The van der Waals surface area contributed by atoms with Crippen molar-refractivity contribution >= 4 is 21.8 Å². The molecule has 1 saturated heterocycles. The average molecular weight is 278 g/mol. The first-order valence-corrected chi connectivity index (χ1v) is 7.43. The number of carbonyl (C=O) groups is 2. The van der Waals surface area contributed by atoms with Gasteiger partial charge in [0.2, 0.25) is 0 Å². The van der Waals surface area contributed by atoms with Crippen LogP contribution in [0.5, 0.6) is 0 Å². The quantitative estimate of drug-likeness (QED) is 0.655. The van der Waals surface area contributed by atoms with Crippen molar-refractivity contribution in [1.82, 2.24) is 10.6 Å². The first-order chi connectivity index (χ1) is 8.10. The molecule has 3 N–H and O–H groups in total. The van der Waals surface area contributed by atoms with Crippen molar-refractivity contribution in [3.05, 3.63) is 0 Å². The van der Waals surface area contributed by atoms with E-state index in [2.05, 4.69) is 10.6 Å². The number of carboxylic acid groups (broad SMARTS) is 1. The van der Waals surface area contributed by atoms with Gasteiger partial charge in [0, 0.05) is 11.6 Å². The van der Waals surface area contributed by atoms with E-state index in [4.69, 9.17) is 5.11 Å². The zero-order valence-electron chi connectivity index (χ0n) is 10.4. The van der Waals surface area contributed by atoms with Crippen LogP contribution in [0, 0.1) is 0 Å². The molecule has 0 spiro atoms. The fourth-order valence-corrected chi connectivity index (χ4v) is 3.53. The maximum Gasteiger partial charge on any atom is 0.315 e. The van der Waals surface area contributed by atoms with Crippen LogP contribution in [0.25, 0.3) is 0 Å². The lowest BCUT2D eigenvalue weighted by molar-refractivity contribution is -0.138. The number of carbonyl (C=O) groups excluding carboxylic acids is 1. The molecule has 1 unspecified atom stereocenters. The van der Waals surface area contributed by atoms with E-state index in [0.717, 1.165) is 0 Å². The average Bonchev–Trinajstić information content (AvgIpc) is 2.40. The van der Waals surface area contributed by atoms with Gasteiger partial charge in [-0.05, 0) is 20.3 Å². The molecule has 0 aromatic heterocycles. The van der Waals surface area contributed by atoms with Crippen LogP contribution >= 0.6 is 0 Å². The molecule has 1 aliphatic rings. The van der Waals surface area contributed by atoms with Crippen LogP contribution < -0.4 is 10.6 Å². The van der Waals surface area contributed by atoms with Crippen LogP contribution in [0.3, 0.4) is 0 Å². The van der Waals surface area contributed by atoms with Gasteiger partial charge in [0.15, 0.2) is 9.84 Å². The molecule has 18 heavy (non-hydrogen) atoms. The summed E-state index contributed by atoms with van der Waals surface area (Å²) in [5.41, 5.74) is -0.882. The predicted octanol–water partition coefficient (Wildman–Crippen LogP) is -0.274. The van der Waals surface area contributed by atoms with Crippen LogP contribution in [-0.4, -0.2) is 48.6 Å². The molecule has 8 heteroatoms. The second kappa shape index (κ2) is 5.13. The molecule has 0 bridgehead atoms. The van der Waals surface area contributed by atoms with Crippen molar-refractivity contribution in [1.29, 1.82) is 0 Å². The van der Waals surface area contributed by atoms with Crippen molar-refractivity contribution in [3.8, 4) is 0 Å². The summed E-state index contributed by atoms with van der Waals surface area (Å²) in [5.74, 6) is -0.986.